The van der Waals surface area contributed by atoms with Gasteiger partial charge in [-0.3, -0.25) is 4.79 Å². The number of halogens is 1. The Morgan fingerprint density at radius 1 is 1.24 bits per heavy atom. The number of amides is 1. The normalized spacial score (nSPS) is 11.3. The number of aryl methyl sites for hydroxylation is 1. The molecule has 0 bridgehead atoms. The summed E-state index contributed by atoms with van der Waals surface area (Å²) in [4.78, 5) is 20.9. The Balaban J connectivity index is 1.60. The first kappa shape index (κ1) is 21.1. The van der Waals surface area contributed by atoms with Gasteiger partial charge in [-0.15, -0.1) is 0 Å². The highest BCUT2D eigenvalue weighted by Gasteiger charge is 2.19. The van der Waals surface area contributed by atoms with Crippen LogP contribution >= 0.6 is 11.6 Å². The first-order chi connectivity index (χ1) is 13.9. The van der Waals surface area contributed by atoms with E-state index in [1.165, 1.54) is 0 Å². The number of nitrogens with two attached hydrogens (primary N) is 1. The number of anilines is 1. The number of rotatable bonds is 8. The number of carbonyl (C=O) groups is 1. The molecule has 3 N–H and O–H groups in total. The van der Waals surface area contributed by atoms with Crippen molar-refractivity contribution in [2.75, 3.05) is 25.5 Å². The van der Waals surface area contributed by atoms with Gasteiger partial charge in [-0.1, -0.05) is 43.6 Å². The average Bonchev–Trinajstić information content (AvgIpc) is 3.10. The van der Waals surface area contributed by atoms with Gasteiger partial charge < -0.3 is 20.4 Å². The molecule has 3 rings (SSSR count). The summed E-state index contributed by atoms with van der Waals surface area (Å²) in [5.41, 5.74) is 9.09. The van der Waals surface area contributed by atoms with Crippen LogP contribution in [0.5, 0.6) is 0 Å². The number of ether oxygens (including phenoxy) is 1. The van der Waals surface area contributed by atoms with Gasteiger partial charge in [0.2, 0.25) is 0 Å². The van der Waals surface area contributed by atoms with E-state index >= 15 is 0 Å². The molecule has 0 aliphatic rings. The fourth-order valence-electron chi connectivity index (χ4n) is 3.22. The molecule has 0 aliphatic carbocycles. The molecule has 29 heavy (non-hydrogen) atoms. The van der Waals surface area contributed by atoms with E-state index in [4.69, 9.17) is 22.1 Å². The summed E-state index contributed by atoms with van der Waals surface area (Å²) >= 11 is 6.23. The van der Waals surface area contributed by atoms with E-state index in [0.29, 0.717) is 48.4 Å². The number of nitrogens with one attached hydrogen (secondary N) is 1. The van der Waals surface area contributed by atoms with Crippen molar-refractivity contribution < 1.29 is 9.53 Å². The van der Waals surface area contributed by atoms with Gasteiger partial charge in [-0.25, -0.2) is 9.97 Å². The molecule has 8 heteroatoms. The summed E-state index contributed by atoms with van der Waals surface area (Å²) in [6.07, 6.45) is 0. The lowest BCUT2D eigenvalue weighted by molar-refractivity contribution is 0.0908. The average molecular weight is 416 g/mol. The molecule has 2 heterocycles. The van der Waals surface area contributed by atoms with Crippen molar-refractivity contribution in [3.8, 4) is 0 Å². The van der Waals surface area contributed by atoms with Crippen molar-refractivity contribution in [2.24, 2.45) is 0 Å². The Morgan fingerprint density at radius 2 is 1.97 bits per heavy atom. The smallest absolute Gasteiger partial charge is 0.251 e. The highest BCUT2D eigenvalue weighted by Crippen LogP contribution is 2.30. The van der Waals surface area contributed by atoms with Crippen LogP contribution in [-0.2, 0) is 11.3 Å². The standard InChI is InChI=1S/C21H26ClN5O2/c1-13(2)20-25-16-17(14(3)18(22)26-19(16)23)27(20)10-12-29-11-9-24-21(28)15-7-5-4-6-8-15/h4-8,13H,9-12H2,1-3H3,(H2,23,26)(H,24,28). The Morgan fingerprint density at radius 3 is 2.66 bits per heavy atom. The van der Waals surface area contributed by atoms with E-state index in [-0.39, 0.29) is 11.8 Å². The van der Waals surface area contributed by atoms with Crippen LogP contribution in [0.15, 0.2) is 30.3 Å². The van der Waals surface area contributed by atoms with Crippen LogP contribution in [0.4, 0.5) is 5.82 Å². The van der Waals surface area contributed by atoms with Crippen LogP contribution in [0, 0.1) is 6.92 Å². The minimum atomic E-state index is -0.106. The first-order valence-electron chi connectivity index (χ1n) is 9.62. The summed E-state index contributed by atoms with van der Waals surface area (Å²) in [5, 5.41) is 3.24. The minimum absolute atomic E-state index is 0.106. The SMILES string of the molecule is Cc1c(Cl)nc(N)c2nc(C(C)C)n(CCOCCNC(=O)c3ccccc3)c12. The van der Waals surface area contributed by atoms with E-state index in [0.717, 1.165) is 16.9 Å². The predicted octanol–water partition coefficient (Wildman–Crippen LogP) is 3.55. The Bertz CT molecular complexity index is 1000. The lowest BCUT2D eigenvalue weighted by atomic mass is 10.2. The van der Waals surface area contributed by atoms with E-state index in [1.807, 2.05) is 25.1 Å². The van der Waals surface area contributed by atoms with E-state index in [9.17, 15) is 4.79 Å². The molecule has 2 aromatic heterocycles. The number of nitrogen functional groups attached to an aromatic ring is 1. The van der Waals surface area contributed by atoms with E-state index < -0.39 is 0 Å². The van der Waals surface area contributed by atoms with Crippen LogP contribution in [0.25, 0.3) is 11.0 Å². The quantitative estimate of drug-likeness (QED) is 0.433. The molecule has 7 nitrogen and oxygen atoms in total. The summed E-state index contributed by atoms with van der Waals surface area (Å²) in [7, 11) is 0. The molecule has 0 fully saturated rings. The topological polar surface area (TPSA) is 95.1 Å². The van der Waals surface area contributed by atoms with Gasteiger partial charge >= 0.3 is 0 Å². The maximum Gasteiger partial charge on any atom is 0.251 e. The number of fused-ring (bicyclic) bond motifs is 1. The van der Waals surface area contributed by atoms with Crippen molar-refractivity contribution in [3.63, 3.8) is 0 Å². The molecule has 0 spiro atoms. The van der Waals surface area contributed by atoms with Crippen LogP contribution in [0.2, 0.25) is 5.15 Å². The minimum Gasteiger partial charge on any atom is -0.382 e. The van der Waals surface area contributed by atoms with Crippen molar-refractivity contribution in [1.82, 2.24) is 19.9 Å². The predicted molar refractivity (Wildman–Crippen MR) is 115 cm³/mol. The monoisotopic (exact) mass is 415 g/mol. The summed E-state index contributed by atoms with van der Waals surface area (Å²) in [5.74, 6) is 1.36. The van der Waals surface area contributed by atoms with Crippen molar-refractivity contribution >= 4 is 34.4 Å². The van der Waals surface area contributed by atoms with Crippen molar-refractivity contribution in [3.05, 3.63) is 52.4 Å². The molecule has 0 aliphatic heterocycles. The van der Waals surface area contributed by atoms with Gasteiger partial charge in [-0.05, 0) is 19.1 Å². The second kappa shape index (κ2) is 9.24. The molecular formula is C21H26ClN5O2. The number of imidazole rings is 1. The highest BCUT2D eigenvalue weighted by molar-refractivity contribution is 6.31. The second-order valence-electron chi connectivity index (χ2n) is 7.12. The van der Waals surface area contributed by atoms with Gasteiger partial charge in [0.25, 0.3) is 5.91 Å². The van der Waals surface area contributed by atoms with Crippen molar-refractivity contribution in [1.29, 1.82) is 0 Å². The Hall–Kier alpha value is -2.64. The lowest BCUT2D eigenvalue weighted by Gasteiger charge is -2.13. The Labute approximate surface area is 175 Å². The lowest BCUT2D eigenvalue weighted by Crippen LogP contribution is -2.27. The fraction of sp³-hybridized carbons (Fsp3) is 0.381. The summed E-state index contributed by atoms with van der Waals surface area (Å²) in [6, 6.07) is 9.11. The van der Waals surface area contributed by atoms with Crippen molar-refractivity contribution in [2.45, 2.75) is 33.2 Å². The van der Waals surface area contributed by atoms with Crippen LogP contribution in [0.3, 0.4) is 0 Å². The van der Waals surface area contributed by atoms with Gasteiger partial charge in [-0.2, -0.15) is 0 Å². The van der Waals surface area contributed by atoms with Crippen LogP contribution in [-0.4, -0.2) is 40.2 Å². The molecule has 3 aromatic rings. The highest BCUT2D eigenvalue weighted by atomic mass is 35.5. The molecule has 1 amide bonds. The molecule has 0 unspecified atom stereocenters. The fourth-order valence-corrected chi connectivity index (χ4v) is 3.40. The number of hydrogen-bond acceptors (Lipinski definition) is 5. The summed E-state index contributed by atoms with van der Waals surface area (Å²) in [6.45, 7) is 8.03. The number of pyridine rings is 1. The largest absolute Gasteiger partial charge is 0.382 e. The third-order valence-corrected chi connectivity index (χ3v) is 5.03. The van der Waals surface area contributed by atoms with Gasteiger partial charge in [0.1, 0.15) is 16.5 Å². The van der Waals surface area contributed by atoms with E-state index in [1.54, 1.807) is 12.1 Å². The first-order valence-corrected chi connectivity index (χ1v) is 10.0. The molecule has 0 atom stereocenters. The zero-order chi connectivity index (χ0) is 21.0. The number of nitrogens with zero attached hydrogens (tertiary/aromatic N) is 3. The molecule has 0 saturated carbocycles. The number of hydrogen-bond donors (Lipinski definition) is 2. The number of benzene rings is 1. The number of carbonyl (C=O) groups excluding carboxylic acids is 1. The third kappa shape index (κ3) is 4.68. The van der Waals surface area contributed by atoms with Crippen LogP contribution in [0.1, 0.15) is 41.5 Å². The maximum absolute atomic E-state index is 12.0. The maximum atomic E-state index is 12.0. The molecule has 0 radical (unpaired) electrons. The molecule has 1 aromatic carbocycles. The van der Waals surface area contributed by atoms with Gasteiger partial charge in [0, 0.05) is 30.1 Å². The number of aromatic nitrogens is 3. The Kier molecular flexibility index (Phi) is 6.71. The van der Waals surface area contributed by atoms with Gasteiger partial charge in [0.15, 0.2) is 5.82 Å². The van der Waals surface area contributed by atoms with Gasteiger partial charge in [0.05, 0.1) is 18.7 Å². The second-order valence-corrected chi connectivity index (χ2v) is 7.48. The zero-order valence-electron chi connectivity index (χ0n) is 16.9. The van der Waals surface area contributed by atoms with Crippen LogP contribution < -0.4 is 11.1 Å². The third-order valence-electron chi connectivity index (χ3n) is 4.67. The zero-order valence-corrected chi connectivity index (χ0v) is 17.7. The summed E-state index contributed by atoms with van der Waals surface area (Å²) < 4.78 is 7.83. The molecular weight excluding hydrogens is 390 g/mol. The molecule has 154 valence electrons. The van der Waals surface area contributed by atoms with E-state index in [2.05, 4.69) is 33.7 Å². The molecule has 0 saturated heterocycles.